The van der Waals surface area contributed by atoms with Gasteiger partial charge < -0.3 is 20.6 Å². The van der Waals surface area contributed by atoms with Gasteiger partial charge in [-0.15, -0.1) is 13.2 Å². The van der Waals surface area contributed by atoms with Crippen molar-refractivity contribution in [1.29, 1.82) is 0 Å². The topological polar surface area (TPSA) is 83.6 Å². The fraction of sp³-hybridized carbons (Fsp3) is 0.750. The van der Waals surface area contributed by atoms with Crippen molar-refractivity contribution in [2.75, 3.05) is 0 Å². The smallest absolute Gasteiger partial charge is 0.427 e. The third-order valence-corrected chi connectivity index (χ3v) is 3.35. The fourth-order valence-electron chi connectivity index (χ4n) is 1.69. The molecule has 5 heteroatoms. The summed E-state index contributed by atoms with van der Waals surface area (Å²) in [5.74, 6) is 1.72. The third kappa shape index (κ3) is 35.2. The Hall–Kier alpha value is -0.905. The van der Waals surface area contributed by atoms with Gasteiger partial charge in [-0.1, -0.05) is 39.8 Å². The summed E-state index contributed by atoms with van der Waals surface area (Å²) in [4.78, 5) is 10.3. The minimum absolute atomic E-state index is 0.0357. The van der Waals surface area contributed by atoms with E-state index >= 15 is 0 Å². The molecule has 0 radical (unpaired) electrons. The van der Waals surface area contributed by atoms with Gasteiger partial charge in [0, 0.05) is 12.0 Å². The molecule has 0 aliphatic rings. The molecule has 0 amide bonds. The molecule has 0 heterocycles. The van der Waals surface area contributed by atoms with Crippen LogP contribution in [-0.4, -0.2) is 28.5 Å². The average Bonchev–Trinajstić information content (AvgIpc) is 2.44. The summed E-state index contributed by atoms with van der Waals surface area (Å²) < 4.78 is 0. The van der Waals surface area contributed by atoms with Crippen LogP contribution in [0.25, 0.3) is 0 Å². The van der Waals surface area contributed by atoms with E-state index in [-0.39, 0.29) is 11.9 Å². The van der Waals surface area contributed by atoms with Gasteiger partial charge in [0.25, 0.3) is 0 Å². The fourth-order valence-corrected chi connectivity index (χ4v) is 1.69. The first-order valence-electron chi connectivity index (χ1n) is 9.24. The van der Waals surface area contributed by atoms with Gasteiger partial charge in [-0.2, -0.15) is 0 Å². The van der Waals surface area contributed by atoms with E-state index in [9.17, 15) is 4.79 Å². The lowest BCUT2D eigenvalue weighted by Crippen LogP contribution is -2.35. The standard InChI is InChI=1S/C10H21N.C7H14O.C3H7BO2/c1-5-7-10(4,11)8-6-9(2)3;1-6(2)4-5-7(3)8;1-2-3-4(5)6/h5,9H,1,6-8,11H2,2-4H3;6H,4-5H2,1-3H3;2,5-6H,1,3H2. The molecule has 0 aromatic rings. The van der Waals surface area contributed by atoms with Crippen molar-refractivity contribution in [3.8, 4) is 0 Å². The Morgan fingerprint density at radius 3 is 1.80 bits per heavy atom. The number of Topliss-reactive ketones (excluding diaryl/α,β-unsaturated/α-hetero) is 1. The van der Waals surface area contributed by atoms with Gasteiger partial charge in [-0.05, 0) is 57.7 Å². The largest absolute Gasteiger partial charge is 0.455 e. The van der Waals surface area contributed by atoms with Crippen molar-refractivity contribution < 1.29 is 14.8 Å². The van der Waals surface area contributed by atoms with Gasteiger partial charge in [-0.25, -0.2) is 0 Å². The van der Waals surface area contributed by atoms with Crippen molar-refractivity contribution in [1.82, 2.24) is 0 Å². The third-order valence-electron chi connectivity index (χ3n) is 3.35. The van der Waals surface area contributed by atoms with Crippen LogP contribution in [0.2, 0.25) is 6.32 Å². The lowest BCUT2D eigenvalue weighted by atomic mass is 9.87. The number of rotatable bonds is 10. The Morgan fingerprint density at radius 2 is 1.60 bits per heavy atom. The van der Waals surface area contributed by atoms with Crippen molar-refractivity contribution in [2.45, 2.75) is 85.5 Å². The Morgan fingerprint density at radius 1 is 1.12 bits per heavy atom. The SMILES string of the molecule is C=CCB(O)O.C=CCC(C)(N)CCC(C)C.CC(=O)CCC(C)C. The molecule has 25 heavy (non-hydrogen) atoms. The lowest BCUT2D eigenvalue weighted by molar-refractivity contribution is -0.117. The van der Waals surface area contributed by atoms with E-state index in [1.54, 1.807) is 6.92 Å². The molecule has 1 unspecified atom stereocenters. The molecule has 0 aromatic carbocycles. The van der Waals surface area contributed by atoms with E-state index in [1.165, 1.54) is 12.5 Å². The quantitative estimate of drug-likeness (QED) is 0.401. The predicted octanol–water partition coefficient (Wildman–Crippen LogP) is 4.37. The van der Waals surface area contributed by atoms with Crippen LogP contribution in [0.1, 0.15) is 73.6 Å². The second-order valence-electron chi connectivity index (χ2n) is 7.72. The van der Waals surface area contributed by atoms with Crippen LogP contribution in [-0.2, 0) is 4.79 Å². The number of carbonyl (C=O) groups is 1. The van der Waals surface area contributed by atoms with E-state index in [0.717, 1.165) is 31.6 Å². The second-order valence-corrected chi connectivity index (χ2v) is 7.72. The van der Waals surface area contributed by atoms with Gasteiger partial charge in [0.1, 0.15) is 5.78 Å². The summed E-state index contributed by atoms with van der Waals surface area (Å²) >= 11 is 0. The summed E-state index contributed by atoms with van der Waals surface area (Å²) in [7, 11) is -1.22. The summed E-state index contributed by atoms with van der Waals surface area (Å²) in [6.07, 6.45) is 8.61. The first kappa shape index (κ1) is 28.9. The second kappa shape index (κ2) is 17.9. The summed E-state index contributed by atoms with van der Waals surface area (Å²) in [6.45, 7) is 19.4. The number of hydrogen-bond acceptors (Lipinski definition) is 4. The molecular formula is C20H42BNO3. The number of carbonyl (C=O) groups excluding carboxylic acids is 1. The average molecular weight is 355 g/mol. The zero-order chi connectivity index (χ0) is 20.5. The first-order chi connectivity index (χ1) is 11.4. The molecule has 0 aliphatic carbocycles. The molecule has 0 aliphatic heterocycles. The molecule has 1 atom stereocenters. The van der Waals surface area contributed by atoms with Crippen LogP contribution in [0.3, 0.4) is 0 Å². The van der Waals surface area contributed by atoms with E-state index in [1.807, 2.05) is 6.08 Å². The number of allylic oxidation sites excluding steroid dienone is 1. The minimum Gasteiger partial charge on any atom is -0.427 e. The van der Waals surface area contributed by atoms with Crippen LogP contribution in [0.5, 0.6) is 0 Å². The number of nitrogens with two attached hydrogens (primary N) is 1. The van der Waals surface area contributed by atoms with Crippen molar-refractivity contribution in [3.05, 3.63) is 25.3 Å². The van der Waals surface area contributed by atoms with Crippen molar-refractivity contribution >= 4 is 12.9 Å². The maximum absolute atomic E-state index is 10.3. The molecule has 148 valence electrons. The highest BCUT2D eigenvalue weighted by Crippen LogP contribution is 2.17. The van der Waals surface area contributed by atoms with Gasteiger partial charge in [0.2, 0.25) is 0 Å². The maximum atomic E-state index is 10.3. The van der Waals surface area contributed by atoms with E-state index in [4.69, 9.17) is 15.8 Å². The van der Waals surface area contributed by atoms with Crippen LogP contribution in [0.4, 0.5) is 0 Å². The molecule has 0 rings (SSSR count). The molecule has 4 nitrogen and oxygen atoms in total. The van der Waals surface area contributed by atoms with Crippen molar-refractivity contribution in [2.24, 2.45) is 17.6 Å². The minimum atomic E-state index is -1.22. The molecular weight excluding hydrogens is 313 g/mol. The van der Waals surface area contributed by atoms with Crippen LogP contribution in [0, 0.1) is 11.8 Å². The molecule has 0 aromatic heterocycles. The molecule has 0 saturated heterocycles. The highest BCUT2D eigenvalue weighted by molar-refractivity contribution is 6.41. The molecule has 0 bridgehead atoms. The number of ketones is 1. The monoisotopic (exact) mass is 355 g/mol. The van der Waals surface area contributed by atoms with E-state index in [0.29, 0.717) is 11.7 Å². The van der Waals surface area contributed by atoms with Crippen LogP contribution in [0.15, 0.2) is 25.3 Å². The van der Waals surface area contributed by atoms with Crippen LogP contribution < -0.4 is 5.73 Å². The molecule has 0 spiro atoms. The summed E-state index contributed by atoms with van der Waals surface area (Å²) in [5, 5.41) is 16.1. The summed E-state index contributed by atoms with van der Waals surface area (Å²) in [5.41, 5.74) is 5.97. The van der Waals surface area contributed by atoms with Gasteiger partial charge >= 0.3 is 7.12 Å². The highest BCUT2D eigenvalue weighted by atomic mass is 16.4. The predicted molar refractivity (Wildman–Crippen MR) is 111 cm³/mol. The zero-order valence-corrected chi connectivity index (χ0v) is 17.4. The van der Waals surface area contributed by atoms with E-state index < -0.39 is 7.12 Å². The maximum Gasteiger partial charge on any atom is 0.455 e. The lowest BCUT2D eigenvalue weighted by Gasteiger charge is -2.23. The number of hydrogen-bond donors (Lipinski definition) is 3. The van der Waals surface area contributed by atoms with Crippen LogP contribution >= 0.6 is 0 Å². The van der Waals surface area contributed by atoms with Gasteiger partial charge in [-0.3, -0.25) is 0 Å². The van der Waals surface area contributed by atoms with E-state index in [2.05, 4.69) is 47.8 Å². The highest BCUT2D eigenvalue weighted by Gasteiger charge is 2.15. The first-order valence-corrected chi connectivity index (χ1v) is 9.24. The Balaban J connectivity index is -0.000000306. The molecule has 0 fully saturated rings. The molecule has 0 saturated carbocycles. The zero-order valence-electron chi connectivity index (χ0n) is 17.4. The normalized spacial score (nSPS) is 12.3. The molecule has 4 N–H and O–H groups in total. The Kier molecular flexibility index (Phi) is 20.7. The Bertz CT molecular complexity index is 340. The van der Waals surface area contributed by atoms with Gasteiger partial charge in [0.15, 0.2) is 0 Å². The van der Waals surface area contributed by atoms with Gasteiger partial charge in [0.05, 0.1) is 0 Å². The summed E-state index contributed by atoms with van der Waals surface area (Å²) in [6, 6.07) is 0. The Labute approximate surface area is 156 Å². The van der Waals surface area contributed by atoms with Crippen molar-refractivity contribution in [3.63, 3.8) is 0 Å².